The number of rotatable bonds is 9. The molecule has 2 bridgehead atoms. The maximum absolute atomic E-state index is 13.6. The number of methoxy groups -OCH3 is 2. The van der Waals surface area contributed by atoms with Crippen molar-refractivity contribution in [2.24, 2.45) is 0 Å². The van der Waals surface area contributed by atoms with Gasteiger partial charge in [0.05, 0.1) is 25.3 Å². The lowest BCUT2D eigenvalue weighted by molar-refractivity contribution is 0.0439. The Kier molecular flexibility index (Phi) is 7.11. The van der Waals surface area contributed by atoms with Crippen LogP contribution in [0.15, 0.2) is 60.7 Å². The summed E-state index contributed by atoms with van der Waals surface area (Å²) in [5.41, 5.74) is 2.62. The molecule has 2 amide bonds. The Morgan fingerprint density at radius 2 is 1.10 bits per heavy atom. The van der Waals surface area contributed by atoms with Crippen LogP contribution >= 0.6 is 0 Å². The number of amides is 2. The Morgan fingerprint density at radius 3 is 1.50 bits per heavy atom. The molecule has 3 aromatic carbocycles. The van der Waals surface area contributed by atoms with Gasteiger partial charge in [-0.2, -0.15) is 0 Å². The summed E-state index contributed by atoms with van der Waals surface area (Å²) in [5.74, 6) is 1.88. The van der Waals surface area contributed by atoms with E-state index in [1.165, 1.54) is 4.90 Å². The average molecular weight is 543 g/mol. The second-order valence-corrected chi connectivity index (χ2v) is 10.8. The Hall–Kier alpha value is -4.04. The minimum atomic E-state index is -0.245. The first-order valence-electron chi connectivity index (χ1n) is 13.7. The van der Waals surface area contributed by atoms with Gasteiger partial charge in [0.15, 0.2) is 11.5 Å². The summed E-state index contributed by atoms with van der Waals surface area (Å²) in [6.07, 6.45) is 3.88. The highest BCUT2D eigenvalue weighted by molar-refractivity contribution is 6.22. The zero-order chi connectivity index (χ0) is 27.8. The molecule has 3 atom stereocenters. The van der Waals surface area contributed by atoms with Crippen LogP contribution < -0.4 is 18.9 Å². The lowest BCUT2D eigenvalue weighted by Gasteiger charge is -2.39. The lowest BCUT2D eigenvalue weighted by atomic mass is 9.96. The van der Waals surface area contributed by atoms with Crippen LogP contribution in [0.5, 0.6) is 23.0 Å². The van der Waals surface area contributed by atoms with E-state index in [2.05, 4.69) is 11.9 Å². The maximum Gasteiger partial charge on any atom is 0.261 e. The first-order chi connectivity index (χ1) is 19.4. The minimum Gasteiger partial charge on any atom is -0.497 e. The number of carbonyl (C=O) groups is 2. The molecule has 8 nitrogen and oxygen atoms in total. The van der Waals surface area contributed by atoms with Crippen LogP contribution in [0.25, 0.3) is 0 Å². The quantitative estimate of drug-likeness (QED) is 0.349. The molecule has 208 valence electrons. The van der Waals surface area contributed by atoms with Crippen molar-refractivity contribution in [3.63, 3.8) is 0 Å². The van der Waals surface area contributed by atoms with E-state index in [4.69, 9.17) is 18.9 Å². The molecule has 3 heterocycles. The summed E-state index contributed by atoms with van der Waals surface area (Å²) in [4.78, 5) is 31.2. The highest BCUT2D eigenvalue weighted by Crippen LogP contribution is 2.41. The number of hydrogen-bond acceptors (Lipinski definition) is 7. The Bertz CT molecular complexity index is 1300. The fourth-order valence-electron chi connectivity index (χ4n) is 6.18. The molecule has 0 radical (unpaired) electrons. The van der Waals surface area contributed by atoms with Crippen molar-refractivity contribution >= 4 is 11.8 Å². The van der Waals surface area contributed by atoms with E-state index in [0.29, 0.717) is 34.7 Å². The topological polar surface area (TPSA) is 77.5 Å². The van der Waals surface area contributed by atoms with Gasteiger partial charge in [-0.15, -0.1) is 0 Å². The number of hydrogen-bond donors (Lipinski definition) is 0. The van der Waals surface area contributed by atoms with Gasteiger partial charge in [-0.1, -0.05) is 24.3 Å². The van der Waals surface area contributed by atoms with Crippen molar-refractivity contribution in [3.8, 4) is 23.0 Å². The maximum atomic E-state index is 13.6. The number of imide groups is 1. The predicted octanol–water partition coefficient (Wildman–Crippen LogP) is 5.08. The van der Waals surface area contributed by atoms with Gasteiger partial charge in [-0.05, 0) is 80.3 Å². The minimum absolute atomic E-state index is 0.0894. The van der Waals surface area contributed by atoms with E-state index < -0.39 is 0 Å². The van der Waals surface area contributed by atoms with Crippen LogP contribution in [0.3, 0.4) is 0 Å². The third kappa shape index (κ3) is 4.88. The normalized spacial score (nSPS) is 21.9. The smallest absolute Gasteiger partial charge is 0.261 e. The first-order valence-corrected chi connectivity index (χ1v) is 13.7. The molecule has 2 saturated heterocycles. The molecular formula is C32H34N2O6. The molecule has 2 fully saturated rings. The molecular weight excluding hydrogens is 508 g/mol. The largest absolute Gasteiger partial charge is 0.497 e. The molecule has 0 aliphatic carbocycles. The van der Waals surface area contributed by atoms with Crippen LogP contribution in [0.2, 0.25) is 0 Å². The van der Waals surface area contributed by atoms with Gasteiger partial charge >= 0.3 is 0 Å². The molecule has 0 spiro atoms. The fourth-order valence-corrected chi connectivity index (χ4v) is 6.18. The predicted molar refractivity (Wildman–Crippen MR) is 149 cm³/mol. The highest BCUT2D eigenvalue weighted by Gasteiger charge is 2.47. The summed E-state index contributed by atoms with van der Waals surface area (Å²) in [5, 5.41) is 0. The third-order valence-electron chi connectivity index (χ3n) is 8.53. The van der Waals surface area contributed by atoms with Crippen LogP contribution in [0, 0.1) is 0 Å². The van der Waals surface area contributed by atoms with Crippen LogP contribution in [-0.4, -0.2) is 61.0 Å². The van der Waals surface area contributed by atoms with Gasteiger partial charge in [0.1, 0.15) is 24.7 Å². The molecule has 3 aliphatic heterocycles. The molecule has 0 saturated carbocycles. The number of benzene rings is 3. The van der Waals surface area contributed by atoms with Crippen LogP contribution in [-0.2, 0) is 13.2 Å². The van der Waals surface area contributed by atoms with Gasteiger partial charge in [0.2, 0.25) is 0 Å². The van der Waals surface area contributed by atoms with E-state index in [1.54, 1.807) is 26.4 Å². The second kappa shape index (κ2) is 10.8. The van der Waals surface area contributed by atoms with Gasteiger partial charge < -0.3 is 23.8 Å². The molecule has 3 aliphatic rings. The van der Waals surface area contributed by atoms with E-state index >= 15 is 0 Å². The number of nitrogens with zero attached hydrogens (tertiary/aromatic N) is 2. The molecule has 0 aromatic heterocycles. The van der Waals surface area contributed by atoms with E-state index in [-0.39, 0.29) is 31.1 Å². The Labute approximate surface area is 234 Å². The van der Waals surface area contributed by atoms with Gasteiger partial charge in [0.25, 0.3) is 11.8 Å². The van der Waals surface area contributed by atoms with Crippen LogP contribution in [0.4, 0.5) is 0 Å². The van der Waals surface area contributed by atoms with Gasteiger partial charge in [0, 0.05) is 18.1 Å². The van der Waals surface area contributed by atoms with Crippen molar-refractivity contribution in [2.45, 2.75) is 57.0 Å². The van der Waals surface area contributed by atoms with Gasteiger partial charge in [-0.3, -0.25) is 14.5 Å². The second-order valence-electron chi connectivity index (χ2n) is 10.8. The van der Waals surface area contributed by atoms with Gasteiger partial charge in [-0.25, -0.2) is 0 Å². The lowest BCUT2D eigenvalue weighted by Crippen LogP contribution is -2.50. The van der Waals surface area contributed by atoms with E-state index in [9.17, 15) is 9.59 Å². The summed E-state index contributed by atoms with van der Waals surface area (Å²) in [6, 6.07) is 19.3. The molecule has 0 unspecified atom stereocenters. The average Bonchev–Trinajstić information content (AvgIpc) is 3.33. The Morgan fingerprint density at radius 1 is 0.675 bits per heavy atom. The van der Waals surface area contributed by atoms with Crippen molar-refractivity contribution in [2.75, 3.05) is 21.3 Å². The molecule has 6 rings (SSSR count). The SMILES string of the molecule is COc1ccc(COc2cc3c(cc2OCc2ccc(OC)cc2)C(=O)N([C@H]2C[C@H]4CC[C@@H](C2)N4C)C3=O)cc1. The summed E-state index contributed by atoms with van der Waals surface area (Å²) in [7, 11) is 5.40. The van der Waals surface area contributed by atoms with Crippen molar-refractivity contribution in [1.82, 2.24) is 9.80 Å². The number of ether oxygens (including phenoxy) is 4. The standard InChI is InChI=1S/C32H34N2O6/c1-33-22-8-9-23(33)15-24(14-22)34-31(35)27-16-29(39-18-20-4-10-25(37-2)11-5-20)30(17-28(27)32(34)36)40-19-21-6-12-26(38-3)13-7-21/h4-7,10-13,16-17,22-24H,8-9,14-15,18-19H2,1-3H3/t22-,23+,24+. The zero-order valence-corrected chi connectivity index (χ0v) is 23.1. The fraction of sp³-hybridized carbons (Fsp3) is 0.375. The van der Waals surface area contributed by atoms with Crippen molar-refractivity contribution in [3.05, 3.63) is 82.9 Å². The third-order valence-corrected chi connectivity index (χ3v) is 8.53. The first kappa shape index (κ1) is 26.2. The molecule has 3 aromatic rings. The zero-order valence-electron chi connectivity index (χ0n) is 23.1. The Balaban J connectivity index is 1.27. The molecule has 8 heteroatoms. The van der Waals surface area contributed by atoms with Crippen molar-refractivity contribution in [1.29, 1.82) is 0 Å². The molecule has 0 N–H and O–H groups in total. The number of piperidine rings is 1. The number of carbonyl (C=O) groups excluding carboxylic acids is 2. The highest BCUT2D eigenvalue weighted by atomic mass is 16.5. The monoisotopic (exact) mass is 542 g/mol. The van der Waals surface area contributed by atoms with E-state index in [1.807, 2.05) is 48.5 Å². The van der Waals surface area contributed by atoms with Crippen LogP contribution in [0.1, 0.15) is 57.5 Å². The van der Waals surface area contributed by atoms with E-state index in [0.717, 1.165) is 48.3 Å². The summed E-state index contributed by atoms with van der Waals surface area (Å²) >= 11 is 0. The summed E-state index contributed by atoms with van der Waals surface area (Å²) in [6.45, 7) is 0.539. The summed E-state index contributed by atoms with van der Waals surface area (Å²) < 4.78 is 22.9. The van der Waals surface area contributed by atoms with Crippen molar-refractivity contribution < 1.29 is 28.5 Å². The molecule has 40 heavy (non-hydrogen) atoms. The number of fused-ring (bicyclic) bond motifs is 3.